The molecule has 140 valence electrons. The molecule has 0 amide bonds. The number of hydrogen-bond acceptors (Lipinski definition) is 6. The van der Waals surface area contributed by atoms with E-state index in [1.54, 1.807) is 0 Å². The molecule has 1 atom stereocenters. The molecule has 0 spiro atoms. The number of esters is 2. The van der Waals surface area contributed by atoms with Gasteiger partial charge >= 0.3 is 18.0 Å². The van der Waals surface area contributed by atoms with Crippen LogP contribution in [-0.2, 0) is 19.1 Å². The van der Waals surface area contributed by atoms with E-state index in [0.717, 1.165) is 44.9 Å². The van der Waals surface area contributed by atoms with Crippen molar-refractivity contribution in [3.63, 3.8) is 0 Å². The van der Waals surface area contributed by atoms with Crippen LogP contribution in [0.15, 0.2) is 0 Å². The first-order chi connectivity index (χ1) is 11.5. The van der Waals surface area contributed by atoms with E-state index in [2.05, 4.69) is 9.47 Å². The molecular formula is C17H31NO6. The molecule has 0 aromatic carbocycles. The summed E-state index contributed by atoms with van der Waals surface area (Å²) in [7, 11) is 2.59. The highest BCUT2D eigenvalue weighted by molar-refractivity contribution is 5.74. The van der Waals surface area contributed by atoms with Crippen LogP contribution in [0.25, 0.3) is 0 Å². The van der Waals surface area contributed by atoms with Crippen LogP contribution in [0.4, 0.5) is 0 Å². The third kappa shape index (κ3) is 11.8. The summed E-state index contributed by atoms with van der Waals surface area (Å²) in [6, 6.07) is -1.22. The van der Waals surface area contributed by atoms with Gasteiger partial charge in [-0.05, 0) is 12.8 Å². The number of rotatable bonds is 15. The zero-order valence-corrected chi connectivity index (χ0v) is 15.0. The van der Waals surface area contributed by atoms with Crippen LogP contribution in [0.3, 0.4) is 0 Å². The average Bonchev–Trinajstić information content (AvgIpc) is 2.57. The second-order valence-electron chi connectivity index (χ2n) is 5.97. The largest absolute Gasteiger partial charge is 0.469 e. The third-order valence-electron chi connectivity index (χ3n) is 4.06. The average molecular weight is 345 g/mol. The summed E-state index contributed by atoms with van der Waals surface area (Å²) in [6.07, 6.45) is 11.1. The zero-order valence-electron chi connectivity index (χ0n) is 15.0. The predicted octanol–water partition coefficient (Wildman–Crippen LogP) is 3.66. The quantitative estimate of drug-likeness (QED) is 0.194. The molecule has 0 radical (unpaired) electrons. The van der Waals surface area contributed by atoms with Gasteiger partial charge in [0, 0.05) is 17.8 Å². The summed E-state index contributed by atoms with van der Waals surface area (Å²) in [5, 5.41) is 10.7. The van der Waals surface area contributed by atoms with Crippen molar-refractivity contribution in [1.82, 2.24) is 0 Å². The van der Waals surface area contributed by atoms with Gasteiger partial charge < -0.3 is 9.47 Å². The number of hydrogen-bond donors (Lipinski definition) is 0. The molecule has 0 saturated carbocycles. The summed E-state index contributed by atoms with van der Waals surface area (Å²) >= 11 is 0. The number of nitro groups is 1. The molecule has 0 aliphatic rings. The van der Waals surface area contributed by atoms with E-state index in [1.165, 1.54) is 27.1 Å². The van der Waals surface area contributed by atoms with Crippen LogP contribution in [0.2, 0.25) is 0 Å². The van der Waals surface area contributed by atoms with Crippen molar-refractivity contribution in [2.24, 2.45) is 0 Å². The summed E-state index contributed by atoms with van der Waals surface area (Å²) in [5.41, 5.74) is 0. The van der Waals surface area contributed by atoms with Crippen molar-refractivity contribution in [3.05, 3.63) is 10.1 Å². The lowest BCUT2D eigenvalue weighted by Gasteiger charge is -2.07. The Morgan fingerprint density at radius 1 is 0.833 bits per heavy atom. The van der Waals surface area contributed by atoms with Crippen molar-refractivity contribution in [2.75, 3.05) is 14.2 Å². The fourth-order valence-corrected chi connectivity index (χ4v) is 2.57. The molecule has 0 aromatic heterocycles. The fourth-order valence-electron chi connectivity index (χ4n) is 2.57. The smallest absolute Gasteiger partial charge is 0.381 e. The van der Waals surface area contributed by atoms with Crippen molar-refractivity contribution in [2.45, 2.75) is 83.1 Å². The van der Waals surface area contributed by atoms with Gasteiger partial charge in [0.25, 0.3) is 0 Å². The van der Waals surface area contributed by atoms with E-state index >= 15 is 0 Å². The first kappa shape index (κ1) is 22.3. The molecule has 7 heteroatoms. The lowest BCUT2D eigenvalue weighted by molar-refractivity contribution is -0.511. The lowest BCUT2D eigenvalue weighted by atomic mass is 10.0. The second kappa shape index (κ2) is 14.9. The molecular weight excluding hydrogens is 314 g/mol. The highest BCUT2D eigenvalue weighted by Crippen LogP contribution is 2.13. The second-order valence-corrected chi connectivity index (χ2v) is 5.97. The van der Waals surface area contributed by atoms with Gasteiger partial charge in [-0.3, -0.25) is 14.9 Å². The minimum Gasteiger partial charge on any atom is -0.469 e. The standard InChI is InChI=1S/C17H31NO6/c1-23-16(19)14-12-10-8-6-4-3-5-7-9-11-13-15(18(21)22)17(20)24-2/h15H,3-14H2,1-2H3. The number of ether oxygens (including phenoxy) is 2. The number of nitrogens with zero attached hydrogens (tertiary/aromatic N) is 1. The number of carbonyl (C=O) groups excluding carboxylic acids is 2. The molecule has 0 N–H and O–H groups in total. The molecule has 0 aliphatic heterocycles. The highest BCUT2D eigenvalue weighted by atomic mass is 16.6. The van der Waals surface area contributed by atoms with E-state index in [9.17, 15) is 19.7 Å². The number of methoxy groups -OCH3 is 2. The topological polar surface area (TPSA) is 95.7 Å². The van der Waals surface area contributed by atoms with Gasteiger partial charge in [0.1, 0.15) is 0 Å². The minimum atomic E-state index is -1.22. The minimum absolute atomic E-state index is 0.137. The van der Waals surface area contributed by atoms with Gasteiger partial charge in [-0.15, -0.1) is 0 Å². The molecule has 1 unspecified atom stereocenters. The summed E-state index contributed by atoms with van der Waals surface area (Å²) in [6.45, 7) is 0. The fraction of sp³-hybridized carbons (Fsp3) is 0.882. The molecule has 0 heterocycles. The van der Waals surface area contributed by atoms with Gasteiger partial charge in [0.05, 0.1) is 14.2 Å². The van der Waals surface area contributed by atoms with Crippen LogP contribution >= 0.6 is 0 Å². The predicted molar refractivity (Wildman–Crippen MR) is 90.2 cm³/mol. The maximum atomic E-state index is 11.2. The normalized spacial score (nSPS) is 11.8. The van der Waals surface area contributed by atoms with Gasteiger partial charge in [-0.2, -0.15) is 0 Å². The van der Waals surface area contributed by atoms with Gasteiger partial charge in [0.2, 0.25) is 0 Å². The molecule has 0 rings (SSSR count). The number of unbranched alkanes of at least 4 members (excludes halogenated alkanes) is 9. The van der Waals surface area contributed by atoms with Gasteiger partial charge in [-0.1, -0.05) is 51.4 Å². The third-order valence-corrected chi connectivity index (χ3v) is 4.06. The summed E-state index contributed by atoms with van der Waals surface area (Å²) in [5.74, 6) is -0.895. The Morgan fingerprint density at radius 3 is 1.71 bits per heavy atom. The molecule has 0 fully saturated rings. The van der Waals surface area contributed by atoms with E-state index in [-0.39, 0.29) is 12.4 Å². The van der Waals surface area contributed by atoms with Crippen LogP contribution in [0.5, 0.6) is 0 Å². The van der Waals surface area contributed by atoms with Gasteiger partial charge in [-0.25, -0.2) is 4.79 Å². The Hall–Kier alpha value is -1.66. The summed E-state index contributed by atoms with van der Waals surface area (Å²) in [4.78, 5) is 32.3. The zero-order chi connectivity index (χ0) is 18.2. The van der Waals surface area contributed by atoms with Gasteiger partial charge in [0.15, 0.2) is 0 Å². The molecule has 24 heavy (non-hydrogen) atoms. The maximum absolute atomic E-state index is 11.2. The maximum Gasteiger partial charge on any atom is 0.381 e. The lowest BCUT2D eigenvalue weighted by Crippen LogP contribution is -2.30. The van der Waals surface area contributed by atoms with E-state index in [1.807, 2.05) is 0 Å². The first-order valence-corrected chi connectivity index (χ1v) is 8.81. The van der Waals surface area contributed by atoms with Crippen LogP contribution in [-0.4, -0.2) is 37.1 Å². The van der Waals surface area contributed by atoms with E-state index < -0.39 is 16.9 Å². The Kier molecular flexibility index (Phi) is 13.9. The Labute approximate surface area is 144 Å². The van der Waals surface area contributed by atoms with Crippen molar-refractivity contribution in [3.8, 4) is 0 Å². The Bertz CT molecular complexity index is 372. The summed E-state index contributed by atoms with van der Waals surface area (Å²) < 4.78 is 9.02. The molecule has 0 bridgehead atoms. The highest BCUT2D eigenvalue weighted by Gasteiger charge is 2.29. The number of carbonyl (C=O) groups is 2. The molecule has 0 aliphatic carbocycles. The van der Waals surface area contributed by atoms with E-state index in [0.29, 0.717) is 12.8 Å². The van der Waals surface area contributed by atoms with Crippen molar-refractivity contribution >= 4 is 11.9 Å². The first-order valence-electron chi connectivity index (χ1n) is 8.81. The van der Waals surface area contributed by atoms with Crippen LogP contribution in [0.1, 0.15) is 77.0 Å². The van der Waals surface area contributed by atoms with Crippen molar-refractivity contribution < 1.29 is 24.0 Å². The SMILES string of the molecule is COC(=O)CCCCCCCCCCCCC(C(=O)OC)[N+](=O)[O-]. The van der Waals surface area contributed by atoms with Crippen LogP contribution < -0.4 is 0 Å². The monoisotopic (exact) mass is 345 g/mol. The Morgan fingerprint density at radius 2 is 1.29 bits per heavy atom. The van der Waals surface area contributed by atoms with E-state index in [4.69, 9.17) is 0 Å². The molecule has 7 nitrogen and oxygen atoms in total. The van der Waals surface area contributed by atoms with Crippen molar-refractivity contribution in [1.29, 1.82) is 0 Å². The molecule has 0 aromatic rings. The molecule has 0 saturated heterocycles. The van der Waals surface area contributed by atoms with Crippen LogP contribution in [0, 0.1) is 10.1 Å². The Balaban J connectivity index is 3.40.